The number of hydrogen-bond acceptors (Lipinski definition) is 2. The van der Waals surface area contributed by atoms with Crippen LogP contribution in [0.4, 0.5) is 8.78 Å². The van der Waals surface area contributed by atoms with Crippen molar-refractivity contribution in [1.82, 2.24) is 4.90 Å². The summed E-state index contributed by atoms with van der Waals surface area (Å²) in [5.74, 6) is -1.63. The standard InChI is InChI=1S/C11H11F2NO2/c12-9-2-1-3-10(13)8(9)6-14-5-7(15)4-11(14)16/h1-3,7,15H,4-6H2. The molecule has 0 bridgehead atoms. The first-order chi connectivity index (χ1) is 7.58. The van der Waals surface area contributed by atoms with Crippen molar-refractivity contribution in [2.24, 2.45) is 0 Å². The maximum absolute atomic E-state index is 13.3. The minimum absolute atomic E-state index is 0.0239. The van der Waals surface area contributed by atoms with Gasteiger partial charge >= 0.3 is 0 Å². The van der Waals surface area contributed by atoms with Gasteiger partial charge in [-0.15, -0.1) is 0 Å². The van der Waals surface area contributed by atoms with E-state index in [0.717, 1.165) is 12.1 Å². The number of nitrogens with zero attached hydrogens (tertiary/aromatic N) is 1. The van der Waals surface area contributed by atoms with E-state index in [-0.39, 0.29) is 31.0 Å². The highest BCUT2D eigenvalue weighted by atomic mass is 19.1. The molecule has 1 aromatic rings. The molecule has 0 spiro atoms. The first kappa shape index (κ1) is 11.0. The van der Waals surface area contributed by atoms with E-state index >= 15 is 0 Å². The van der Waals surface area contributed by atoms with Crippen LogP contribution < -0.4 is 0 Å². The van der Waals surface area contributed by atoms with Gasteiger partial charge in [-0.25, -0.2) is 8.78 Å². The molecular weight excluding hydrogens is 216 g/mol. The Morgan fingerprint density at radius 2 is 2.00 bits per heavy atom. The molecule has 0 saturated carbocycles. The summed E-state index contributed by atoms with van der Waals surface area (Å²) in [5, 5.41) is 9.24. The molecule has 0 aliphatic carbocycles. The number of benzene rings is 1. The number of aliphatic hydroxyl groups excluding tert-OH is 1. The first-order valence-electron chi connectivity index (χ1n) is 4.96. The van der Waals surface area contributed by atoms with Gasteiger partial charge in [0.1, 0.15) is 11.6 Å². The van der Waals surface area contributed by atoms with Crippen molar-refractivity contribution in [1.29, 1.82) is 0 Å². The SMILES string of the molecule is O=C1CC(O)CN1Cc1c(F)cccc1F. The number of carbonyl (C=O) groups is 1. The van der Waals surface area contributed by atoms with E-state index in [0.29, 0.717) is 0 Å². The minimum Gasteiger partial charge on any atom is -0.391 e. The van der Waals surface area contributed by atoms with Crippen LogP contribution in [0.2, 0.25) is 0 Å². The lowest BCUT2D eigenvalue weighted by atomic mass is 10.2. The molecule has 3 nitrogen and oxygen atoms in total. The Morgan fingerprint density at radius 3 is 2.50 bits per heavy atom. The van der Waals surface area contributed by atoms with Crippen LogP contribution in [0.25, 0.3) is 0 Å². The molecule has 86 valence electrons. The summed E-state index contributed by atoms with van der Waals surface area (Å²) in [7, 11) is 0. The van der Waals surface area contributed by atoms with Crippen LogP contribution >= 0.6 is 0 Å². The Labute approximate surface area is 91.3 Å². The van der Waals surface area contributed by atoms with Gasteiger partial charge in [-0.05, 0) is 12.1 Å². The maximum atomic E-state index is 13.3. The second-order valence-electron chi connectivity index (χ2n) is 3.83. The lowest BCUT2D eigenvalue weighted by Crippen LogP contribution is -2.26. The van der Waals surface area contributed by atoms with Gasteiger partial charge in [-0.3, -0.25) is 4.79 Å². The predicted molar refractivity (Wildman–Crippen MR) is 52.4 cm³/mol. The quantitative estimate of drug-likeness (QED) is 0.820. The van der Waals surface area contributed by atoms with Crippen LogP contribution in [0, 0.1) is 11.6 Å². The summed E-state index contributed by atoms with van der Waals surface area (Å²) < 4.78 is 26.6. The molecule has 5 heteroatoms. The molecule has 1 amide bonds. The van der Waals surface area contributed by atoms with Crippen LogP contribution in [0.15, 0.2) is 18.2 Å². The van der Waals surface area contributed by atoms with E-state index in [2.05, 4.69) is 0 Å². The Bertz CT molecular complexity index is 402. The third kappa shape index (κ3) is 2.04. The van der Waals surface area contributed by atoms with E-state index in [1.165, 1.54) is 11.0 Å². The Morgan fingerprint density at radius 1 is 1.38 bits per heavy atom. The molecule has 1 N–H and O–H groups in total. The van der Waals surface area contributed by atoms with Crippen molar-refractivity contribution in [3.8, 4) is 0 Å². The zero-order chi connectivity index (χ0) is 11.7. The van der Waals surface area contributed by atoms with E-state index in [1.807, 2.05) is 0 Å². The topological polar surface area (TPSA) is 40.5 Å². The van der Waals surface area contributed by atoms with Crippen molar-refractivity contribution < 1.29 is 18.7 Å². The third-order valence-corrected chi connectivity index (χ3v) is 2.60. The number of hydrogen-bond donors (Lipinski definition) is 1. The number of halogens is 2. The Balaban J connectivity index is 2.18. The lowest BCUT2D eigenvalue weighted by Gasteiger charge is -2.16. The average molecular weight is 227 g/mol. The summed E-state index contributed by atoms with van der Waals surface area (Å²) in [6.07, 6.45) is -0.710. The van der Waals surface area contributed by atoms with Gasteiger partial charge in [0, 0.05) is 12.1 Å². The summed E-state index contributed by atoms with van der Waals surface area (Å²) in [4.78, 5) is 12.6. The third-order valence-electron chi connectivity index (χ3n) is 2.60. The van der Waals surface area contributed by atoms with Gasteiger partial charge in [0.15, 0.2) is 0 Å². The molecule has 1 aliphatic heterocycles. The maximum Gasteiger partial charge on any atom is 0.225 e. The average Bonchev–Trinajstić information content (AvgIpc) is 2.51. The summed E-state index contributed by atoms with van der Waals surface area (Å²) in [6.45, 7) is 0.001000. The lowest BCUT2D eigenvalue weighted by molar-refractivity contribution is -0.128. The van der Waals surface area contributed by atoms with Gasteiger partial charge in [-0.1, -0.05) is 6.07 Å². The molecular formula is C11H11F2NO2. The predicted octanol–water partition coefficient (Wildman–Crippen LogP) is 1.06. The number of amides is 1. The monoisotopic (exact) mass is 227 g/mol. The molecule has 1 saturated heterocycles. The highest BCUT2D eigenvalue weighted by Crippen LogP contribution is 2.19. The number of β-amino-alcohol motifs (C(OH)–C–C–N with tert-alkyl or cyclic N) is 1. The van der Waals surface area contributed by atoms with E-state index < -0.39 is 17.7 Å². The van der Waals surface area contributed by atoms with Gasteiger partial charge in [0.05, 0.1) is 19.1 Å². The fraction of sp³-hybridized carbons (Fsp3) is 0.364. The van der Waals surface area contributed by atoms with E-state index in [1.54, 1.807) is 0 Å². The molecule has 0 radical (unpaired) electrons. The number of rotatable bonds is 2. The Kier molecular flexibility index (Phi) is 2.87. The molecule has 1 aromatic carbocycles. The van der Waals surface area contributed by atoms with Crippen molar-refractivity contribution >= 4 is 5.91 Å². The van der Waals surface area contributed by atoms with Gasteiger partial charge in [-0.2, -0.15) is 0 Å². The van der Waals surface area contributed by atoms with Crippen LogP contribution in [0.1, 0.15) is 12.0 Å². The molecule has 1 atom stereocenters. The van der Waals surface area contributed by atoms with Crippen LogP contribution in [0.3, 0.4) is 0 Å². The van der Waals surface area contributed by atoms with E-state index in [4.69, 9.17) is 0 Å². The largest absolute Gasteiger partial charge is 0.391 e. The number of likely N-dealkylation sites (tertiary alicyclic amines) is 1. The van der Waals surface area contributed by atoms with Gasteiger partial charge < -0.3 is 10.0 Å². The van der Waals surface area contributed by atoms with Crippen LogP contribution in [-0.2, 0) is 11.3 Å². The van der Waals surface area contributed by atoms with Crippen LogP contribution in [0.5, 0.6) is 0 Å². The summed E-state index contributed by atoms with van der Waals surface area (Å²) >= 11 is 0. The highest BCUT2D eigenvalue weighted by Gasteiger charge is 2.29. The van der Waals surface area contributed by atoms with Crippen molar-refractivity contribution in [3.05, 3.63) is 35.4 Å². The van der Waals surface area contributed by atoms with Gasteiger partial charge in [0.25, 0.3) is 0 Å². The second-order valence-corrected chi connectivity index (χ2v) is 3.83. The normalized spacial score (nSPS) is 20.6. The fourth-order valence-corrected chi connectivity index (χ4v) is 1.78. The van der Waals surface area contributed by atoms with Crippen molar-refractivity contribution in [3.63, 3.8) is 0 Å². The molecule has 2 rings (SSSR count). The van der Waals surface area contributed by atoms with E-state index in [9.17, 15) is 18.7 Å². The molecule has 16 heavy (non-hydrogen) atoms. The fourth-order valence-electron chi connectivity index (χ4n) is 1.78. The summed E-state index contributed by atoms with van der Waals surface area (Å²) in [5.41, 5.74) is -0.134. The number of aliphatic hydroxyl groups is 1. The highest BCUT2D eigenvalue weighted by molar-refractivity contribution is 5.79. The molecule has 1 unspecified atom stereocenters. The molecule has 1 heterocycles. The molecule has 0 aromatic heterocycles. The summed E-state index contributed by atoms with van der Waals surface area (Å²) in [6, 6.07) is 3.57. The Hall–Kier alpha value is -1.49. The smallest absolute Gasteiger partial charge is 0.225 e. The zero-order valence-electron chi connectivity index (χ0n) is 8.49. The van der Waals surface area contributed by atoms with Gasteiger partial charge in [0.2, 0.25) is 5.91 Å². The number of carbonyl (C=O) groups excluding carboxylic acids is 1. The van der Waals surface area contributed by atoms with Crippen molar-refractivity contribution in [2.45, 2.75) is 19.1 Å². The zero-order valence-corrected chi connectivity index (χ0v) is 8.49. The first-order valence-corrected chi connectivity index (χ1v) is 4.96. The molecule has 1 fully saturated rings. The second kappa shape index (κ2) is 4.17. The minimum atomic E-state index is -0.734. The molecule has 1 aliphatic rings. The van der Waals surface area contributed by atoms with Crippen molar-refractivity contribution in [2.75, 3.05) is 6.54 Å². The van der Waals surface area contributed by atoms with Crippen LogP contribution in [-0.4, -0.2) is 28.6 Å².